The van der Waals surface area contributed by atoms with Crippen LogP contribution in [0.1, 0.15) is 30.6 Å². The van der Waals surface area contributed by atoms with Gasteiger partial charge in [-0.15, -0.1) is 0 Å². The van der Waals surface area contributed by atoms with Crippen molar-refractivity contribution in [3.05, 3.63) is 17.2 Å². The Balaban J connectivity index is 2.33. The normalized spacial score (nSPS) is 15.8. The van der Waals surface area contributed by atoms with Crippen LogP contribution in [0, 0.1) is 0 Å². The van der Waals surface area contributed by atoms with Gasteiger partial charge in [0.05, 0.1) is 5.69 Å². The van der Waals surface area contributed by atoms with Gasteiger partial charge >= 0.3 is 0 Å². The number of aromatic nitrogens is 2. The van der Waals surface area contributed by atoms with E-state index in [4.69, 9.17) is 0 Å². The zero-order valence-electron chi connectivity index (χ0n) is 8.43. The summed E-state index contributed by atoms with van der Waals surface area (Å²) in [5.41, 5.74) is 2.69. The molecular formula is C10H17N3. The third kappa shape index (κ3) is 1.48. The predicted octanol–water partition coefficient (Wildman–Crippen LogP) is 1.02. The first-order valence-electron chi connectivity index (χ1n) is 5.07. The Morgan fingerprint density at radius 1 is 1.54 bits per heavy atom. The lowest BCUT2D eigenvalue weighted by Gasteiger charge is -2.12. The highest BCUT2D eigenvalue weighted by molar-refractivity contribution is 5.19. The average molecular weight is 179 g/mol. The van der Waals surface area contributed by atoms with Gasteiger partial charge in [-0.1, -0.05) is 6.92 Å². The molecule has 13 heavy (non-hydrogen) atoms. The van der Waals surface area contributed by atoms with Crippen molar-refractivity contribution in [2.45, 2.75) is 32.7 Å². The molecule has 0 amide bonds. The van der Waals surface area contributed by atoms with Crippen LogP contribution in [0.5, 0.6) is 0 Å². The van der Waals surface area contributed by atoms with Gasteiger partial charge < -0.3 is 9.88 Å². The molecule has 1 N–H and O–H groups in total. The van der Waals surface area contributed by atoms with Gasteiger partial charge in [0.1, 0.15) is 5.82 Å². The number of rotatable bonds is 2. The molecule has 0 spiro atoms. The van der Waals surface area contributed by atoms with Crippen molar-refractivity contribution in [1.82, 2.24) is 14.9 Å². The fourth-order valence-electron chi connectivity index (χ4n) is 1.96. The molecule has 3 nitrogen and oxygen atoms in total. The third-order valence-electron chi connectivity index (χ3n) is 2.69. The minimum Gasteiger partial charge on any atom is -0.335 e. The molecule has 0 saturated carbocycles. The van der Waals surface area contributed by atoms with Crippen LogP contribution in [0.2, 0.25) is 0 Å². The van der Waals surface area contributed by atoms with E-state index in [9.17, 15) is 0 Å². The summed E-state index contributed by atoms with van der Waals surface area (Å²) in [4.78, 5) is 4.64. The van der Waals surface area contributed by atoms with Gasteiger partial charge in [0, 0.05) is 38.7 Å². The largest absolute Gasteiger partial charge is 0.335 e. The van der Waals surface area contributed by atoms with Crippen molar-refractivity contribution in [1.29, 1.82) is 0 Å². The Morgan fingerprint density at radius 3 is 3.08 bits per heavy atom. The smallest absolute Gasteiger partial charge is 0.108 e. The maximum atomic E-state index is 4.64. The van der Waals surface area contributed by atoms with Gasteiger partial charge in [-0.05, 0) is 6.42 Å². The number of aryl methyl sites for hydroxylation is 1. The molecule has 0 atom stereocenters. The van der Waals surface area contributed by atoms with E-state index < -0.39 is 0 Å². The van der Waals surface area contributed by atoms with Crippen LogP contribution in [-0.4, -0.2) is 16.1 Å². The number of imidazole rings is 1. The standard InChI is InChI=1S/C10H17N3/c1-3-4-10-12-8-7-11-6-5-9(8)13(10)2/h11H,3-7H2,1-2H3. The van der Waals surface area contributed by atoms with Crippen molar-refractivity contribution >= 4 is 0 Å². The zero-order chi connectivity index (χ0) is 9.26. The van der Waals surface area contributed by atoms with Crippen LogP contribution in [0.3, 0.4) is 0 Å². The second kappa shape index (κ2) is 3.50. The number of fused-ring (bicyclic) bond motifs is 1. The summed E-state index contributed by atoms with van der Waals surface area (Å²) in [6, 6.07) is 0. The van der Waals surface area contributed by atoms with E-state index in [0.29, 0.717) is 0 Å². The van der Waals surface area contributed by atoms with Gasteiger partial charge in [0.2, 0.25) is 0 Å². The van der Waals surface area contributed by atoms with E-state index >= 15 is 0 Å². The SMILES string of the molecule is CCCc1nc2c(n1C)CCNC2. The fourth-order valence-corrected chi connectivity index (χ4v) is 1.96. The van der Waals surface area contributed by atoms with E-state index in [0.717, 1.165) is 25.9 Å². The number of nitrogens with one attached hydrogen (secondary N) is 1. The van der Waals surface area contributed by atoms with Crippen LogP contribution in [0.4, 0.5) is 0 Å². The lowest BCUT2D eigenvalue weighted by atomic mass is 10.2. The second-order valence-electron chi connectivity index (χ2n) is 3.66. The molecule has 1 aromatic rings. The molecule has 0 aliphatic carbocycles. The molecule has 3 heteroatoms. The molecule has 2 heterocycles. The highest BCUT2D eigenvalue weighted by Crippen LogP contribution is 2.15. The zero-order valence-corrected chi connectivity index (χ0v) is 8.43. The first-order valence-corrected chi connectivity index (χ1v) is 5.07. The number of hydrogen-bond donors (Lipinski definition) is 1. The van der Waals surface area contributed by atoms with Crippen LogP contribution < -0.4 is 5.32 Å². The van der Waals surface area contributed by atoms with Crippen molar-refractivity contribution in [3.63, 3.8) is 0 Å². The summed E-state index contributed by atoms with van der Waals surface area (Å²) in [5, 5.41) is 3.35. The average Bonchev–Trinajstić information content (AvgIpc) is 2.46. The maximum absolute atomic E-state index is 4.64. The summed E-state index contributed by atoms with van der Waals surface area (Å²) in [5.74, 6) is 1.25. The molecule has 0 saturated heterocycles. The Kier molecular flexibility index (Phi) is 2.36. The first-order chi connectivity index (χ1) is 6.33. The monoisotopic (exact) mass is 179 g/mol. The maximum Gasteiger partial charge on any atom is 0.108 e. The van der Waals surface area contributed by atoms with Crippen LogP contribution in [-0.2, 0) is 26.4 Å². The quantitative estimate of drug-likeness (QED) is 0.734. The molecule has 0 radical (unpaired) electrons. The molecule has 2 rings (SSSR count). The molecular weight excluding hydrogens is 162 g/mol. The summed E-state index contributed by atoms with van der Waals surface area (Å²) in [6.45, 7) is 4.25. The molecule has 1 aliphatic heterocycles. The van der Waals surface area contributed by atoms with Crippen LogP contribution >= 0.6 is 0 Å². The topological polar surface area (TPSA) is 29.9 Å². The lowest BCUT2D eigenvalue weighted by Crippen LogP contribution is -2.24. The van der Waals surface area contributed by atoms with Crippen LogP contribution in [0.25, 0.3) is 0 Å². The Bertz CT molecular complexity index is 301. The number of hydrogen-bond acceptors (Lipinski definition) is 2. The van der Waals surface area contributed by atoms with E-state index in [1.54, 1.807) is 0 Å². The van der Waals surface area contributed by atoms with Gasteiger partial charge in [0.25, 0.3) is 0 Å². The van der Waals surface area contributed by atoms with Crippen molar-refractivity contribution in [2.24, 2.45) is 7.05 Å². The first kappa shape index (κ1) is 8.75. The molecule has 0 aromatic carbocycles. The Morgan fingerprint density at radius 2 is 2.38 bits per heavy atom. The lowest BCUT2D eigenvalue weighted by molar-refractivity contribution is 0.610. The minimum absolute atomic E-state index is 0.951. The van der Waals surface area contributed by atoms with Crippen LogP contribution in [0.15, 0.2) is 0 Å². The Hall–Kier alpha value is -0.830. The molecule has 0 unspecified atom stereocenters. The minimum atomic E-state index is 0.951. The summed E-state index contributed by atoms with van der Waals surface area (Å²) < 4.78 is 2.28. The molecule has 72 valence electrons. The summed E-state index contributed by atoms with van der Waals surface area (Å²) in [6.07, 6.45) is 3.41. The Labute approximate surface area is 79.2 Å². The molecule has 1 aromatic heterocycles. The molecule has 1 aliphatic rings. The second-order valence-corrected chi connectivity index (χ2v) is 3.66. The van der Waals surface area contributed by atoms with E-state index in [1.807, 2.05) is 0 Å². The van der Waals surface area contributed by atoms with Gasteiger partial charge in [0.15, 0.2) is 0 Å². The predicted molar refractivity (Wildman–Crippen MR) is 52.6 cm³/mol. The summed E-state index contributed by atoms with van der Waals surface area (Å²) >= 11 is 0. The van der Waals surface area contributed by atoms with E-state index in [1.165, 1.54) is 23.6 Å². The fraction of sp³-hybridized carbons (Fsp3) is 0.700. The summed E-state index contributed by atoms with van der Waals surface area (Å²) in [7, 11) is 2.14. The van der Waals surface area contributed by atoms with Crippen molar-refractivity contribution < 1.29 is 0 Å². The molecule has 0 bridgehead atoms. The van der Waals surface area contributed by atoms with E-state index in [2.05, 4.69) is 28.8 Å². The van der Waals surface area contributed by atoms with Gasteiger partial charge in [-0.25, -0.2) is 4.98 Å². The van der Waals surface area contributed by atoms with Crippen molar-refractivity contribution in [3.8, 4) is 0 Å². The third-order valence-corrected chi connectivity index (χ3v) is 2.69. The van der Waals surface area contributed by atoms with E-state index in [-0.39, 0.29) is 0 Å². The van der Waals surface area contributed by atoms with Gasteiger partial charge in [-0.3, -0.25) is 0 Å². The highest BCUT2D eigenvalue weighted by atomic mass is 15.1. The van der Waals surface area contributed by atoms with Gasteiger partial charge in [-0.2, -0.15) is 0 Å². The van der Waals surface area contributed by atoms with Crippen molar-refractivity contribution in [2.75, 3.05) is 6.54 Å². The number of nitrogens with zero attached hydrogens (tertiary/aromatic N) is 2. The highest BCUT2D eigenvalue weighted by Gasteiger charge is 2.16. The molecule has 0 fully saturated rings.